The van der Waals surface area contributed by atoms with Crippen molar-refractivity contribution in [3.8, 4) is 0 Å². The van der Waals surface area contributed by atoms with E-state index in [9.17, 15) is 19.8 Å². The molecule has 3 aliphatic heterocycles. The van der Waals surface area contributed by atoms with Gasteiger partial charge in [-0.2, -0.15) is 0 Å². The van der Waals surface area contributed by atoms with Gasteiger partial charge in [0, 0.05) is 16.1 Å². The van der Waals surface area contributed by atoms with Gasteiger partial charge in [-0.3, -0.25) is 4.79 Å². The Morgan fingerprint density at radius 2 is 2.09 bits per heavy atom. The Hall–Kier alpha value is -1.05. The standard InChI is InChI=1S/C16H24N2O4S/c1-3-10(19)11-12-8(2)14(23-9-4-6-17-7-5-9)13(16(21)22)18(12)15(11)20/h8-12,17,19H,3-7H2,1-2H3,(H,21,22)/t8-,10-,11-,12-/m1/s1. The third kappa shape index (κ3) is 2.68. The number of fused-ring (bicyclic) bond motifs is 1. The fraction of sp³-hybridized carbons (Fsp3) is 0.750. The van der Waals surface area contributed by atoms with Crippen molar-refractivity contribution < 1.29 is 19.8 Å². The van der Waals surface area contributed by atoms with Gasteiger partial charge in [-0.1, -0.05) is 13.8 Å². The molecule has 3 rings (SSSR count). The summed E-state index contributed by atoms with van der Waals surface area (Å²) in [5.74, 6) is -1.76. The quantitative estimate of drug-likeness (QED) is 0.648. The Bertz CT molecular complexity index is 544. The second-order valence-electron chi connectivity index (χ2n) is 6.57. The molecule has 4 atom stereocenters. The highest BCUT2D eigenvalue weighted by molar-refractivity contribution is 8.03. The Kier molecular flexibility index (Phi) is 4.71. The zero-order valence-electron chi connectivity index (χ0n) is 13.5. The molecule has 3 N–H and O–H groups in total. The lowest BCUT2D eigenvalue weighted by Gasteiger charge is -2.46. The molecular formula is C16H24N2O4S. The molecule has 0 aromatic rings. The first-order valence-electron chi connectivity index (χ1n) is 8.33. The summed E-state index contributed by atoms with van der Waals surface area (Å²) in [6, 6.07) is -0.201. The molecule has 0 bridgehead atoms. The van der Waals surface area contributed by atoms with Gasteiger partial charge in [0.2, 0.25) is 5.91 Å². The van der Waals surface area contributed by atoms with Crippen molar-refractivity contribution in [2.45, 2.75) is 50.5 Å². The molecular weight excluding hydrogens is 316 g/mol. The molecule has 23 heavy (non-hydrogen) atoms. The van der Waals surface area contributed by atoms with Gasteiger partial charge in [-0.15, -0.1) is 11.8 Å². The number of aliphatic carboxylic acids is 1. The molecule has 0 aromatic carbocycles. The number of carbonyl (C=O) groups excluding carboxylic acids is 1. The SMILES string of the molecule is CC[C@@H](O)[C@H]1C(=O)N2C(C(=O)O)=C(SC3CCNCC3)[C@H](C)[C@H]12. The van der Waals surface area contributed by atoms with Crippen LogP contribution in [0.3, 0.4) is 0 Å². The molecule has 6 nitrogen and oxygen atoms in total. The summed E-state index contributed by atoms with van der Waals surface area (Å²) in [5.41, 5.74) is 0.149. The van der Waals surface area contributed by atoms with E-state index in [0.717, 1.165) is 30.8 Å². The first kappa shape index (κ1) is 16.8. The minimum atomic E-state index is -1.03. The van der Waals surface area contributed by atoms with Crippen LogP contribution < -0.4 is 5.32 Å². The zero-order chi connectivity index (χ0) is 16.7. The number of β-lactam (4-membered cyclic amide) rings is 1. The Labute approximate surface area is 140 Å². The molecule has 0 saturated carbocycles. The number of carboxylic acids is 1. The van der Waals surface area contributed by atoms with Gasteiger partial charge < -0.3 is 20.4 Å². The van der Waals surface area contributed by atoms with Crippen molar-refractivity contribution in [3.63, 3.8) is 0 Å². The maximum atomic E-state index is 12.4. The highest BCUT2D eigenvalue weighted by atomic mass is 32.2. The maximum absolute atomic E-state index is 12.4. The fourth-order valence-corrected chi connectivity index (χ4v) is 5.41. The molecule has 128 valence electrons. The van der Waals surface area contributed by atoms with E-state index in [2.05, 4.69) is 5.32 Å². The lowest BCUT2D eigenvalue weighted by Crippen LogP contribution is -2.64. The van der Waals surface area contributed by atoms with Crippen LogP contribution in [0.25, 0.3) is 0 Å². The molecule has 3 aliphatic rings. The van der Waals surface area contributed by atoms with Gasteiger partial charge >= 0.3 is 5.97 Å². The van der Waals surface area contributed by atoms with Crippen LogP contribution in [0, 0.1) is 11.8 Å². The van der Waals surface area contributed by atoms with Gasteiger partial charge in [0.05, 0.1) is 18.1 Å². The number of piperidine rings is 1. The summed E-state index contributed by atoms with van der Waals surface area (Å²) in [5, 5.41) is 23.4. The Morgan fingerprint density at radius 1 is 1.43 bits per heavy atom. The molecule has 0 radical (unpaired) electrons. The largest absolute Gasteiger partial charge is 0.477 e. The zero-order valence-corrected chi connectivity index (χ0v) is 14.3. The van der Waals surface area contributed by atoms with Crippen LogP contribution in [0.15, 0.2) is 10.6 Å². The normalized spacial score (nSPS) is 32.7. The van der Waals surface area contributed by atoms with Crippen molar-refractivity contribution in [1.29, 1.82) is 0 Å². The van der Waals surface area contributed by atoms with Crippen LogP contribution in [-0.4, -0.2) is 57.5 Å². The number of hydrogen-bond acceptors (Lipinski definition) is 5. The first-order chi connectivity index (χ1) is 11.0. The van der Waals surface area contributed by atoms with Gasteiger partial charge in [0.1, 0.15) is 5.70 Å². The van der Waals surface area contributed by atoms with Crippen LogP contribution in [0.2, 0.25) is 0 Å². The van der Waals surface area contributed by atoms with E-state index in [-0.39, 0.29) is 23.6 Å². The summed E-state index contributed by atoms with van der Waals surface area (Å²) in [6.45, 7) is 5.73. The average molecular weight is 340 g/mol. The summed E-state index contributed by atoms with van der Waals surface area (Å²) < 4.78 is 0. The molecule has 0 aliphatic carbocycles. The molecule has 0 unspecified atom stereocenters. The monoisotopic (exact) mass is 340 g/mol. The molecule has 1 amide bonds. The van der Waals surface area contributed by atoms with Crippen molar-refractivity contribution in [2.75, 3.05) is 13.1 Å². The summed E-state index contributed by atoms with van der Waals surface area (Å²) >= 11 is 1.63. The van der Waals surface area contributed by atoms with Crippen LogP contribution in [0.4, 0.5) is 0 Å². The van der Waals surface area contributed by atoms with E-state index in [4.69, 9.17) is 0 Å². The van der Waals surface area contributed by atoms with E-state index in [1.807, 2.05) is 13.8 Å². The Morgan fingerprint density at radius 3 is 2.65 bits per heavy atom. The molecule has 2 fully saturated rings. The number of carboxylic acid groups (broad SMARTS) is 1. The van der Waals surface area contributed by atoms with E-state index in [1.165, 1.54) is 4.90 Å². The van der Waals surface area contributed by atoms with E-state index in [1.54, 1.807) is 11.8 Å². The summed E-state index contributed by atoms with van der Waals surface area (Å²) in [4.78, 5) is 26.4. The second kappa shape index (κ2) is 6.45. The van der Waals surface area contributed by atoms with Crippen LogP contribution in [0.5, 0.6) is 0 Å². The number of nitrogens with zero attached hydrogens (tertiary/aromatic N) is 1. The van der Waals surface area contributed by atoms with Gasteiger partial charge in [-0.05, 0) is 32.4 Å². The number of hydrogen-bond donors (Lipinski definition) is 3. The predicted octanol–water partition coefficient (Wildman–Crippen LogP) is 1.02. The third-order valence-corrected chi connectivity index (χ3v) is 6.83. The smallest absolute Gasteiger partial charge is 0.353 e. The predicted molar refractivity (Wildman–Crippen MR) is 87.7 cm³/mol. The van der Waals surface area contributed by atoms with Gasteiger partial charge in [0.15, 0.2) is 0 Å². The lowest BCUT2D eigenvalue weighted by atomic mass is 9.78. The number of rotatable bonds is 5. The van der Waals surface area contributed by atoms with Crippen molar-refractivity contribution in [3.05, 3.63) is 10.6 Å². The molecule has 0 aromatic heterocycles. The topological polar surface area (TPSA) is 89.9 Å². The van der Waals surface area contributed by atoms with Crippen molar-refractivity contribution in [1.82, 2.24) is 10.2 Å². The molecule has 3 heterocycles. The number of carbonyl (C=O) groups is 2. The lowest BCUT2D eigenvalue weighted by molar-refractivity contribution is -0.164. The van der Waals surface area contributed by atoms with Crippen LogP contribution in [0.1, 0.15) is 33.1 Å². The van der Waals surface area contributed by atoms with E-state index >= 15 is 0 Å². The molecule has 7 heteroatoms. The number of aliphatic hydroxyl groups is 1. The highest BCUT2D eigenvalue weighted by Crippen LogP contribution is 2.52. The average Bonchev–Trinajstić information content (AvgIpc) is 2.78. The fourth-order valence-electron chi connectivity index (χ4n) is 3.93. The first-order valence-corrected chi connectivity index (χ1v) is 9.21. The number of aliphatic hydroxyl groups excluding tert-OH is 1. The number of amides is 1. The van der Waals surface area contributed by atoms with Gasteiger partial charge in [-0.25, -0.2) is 4.79 Å². The van der Waals surface area contributed by atoms with Crippen molar-refractivity contribution >= 4 is 23.6 Å². The minimum Gasteiger partial charge on any atom is -0.477 e. The number of nitrogens with one attached hydrogen (secondary N) is 1. The maximum Gasteiger partial charge on any atom is 0.353 e. The summed E-state index contributed by atoms with van der Waals surface area (Å²) in [6.07, 6.45) is 1.83. The molecule has 0 spiro atoms. The number of thioether (sulfide) groups is 1. The van der Waals surface area contributed by atoms with Crippen LogP contribution >= 0.6 is 11.8 Å². The van der Waals surface area contributed by atoms with Gasteiger partial charge in [0.25, 0.3) is 0 Å². The second-order valence-corrected chi connectivity index (χ2v) is 7.92. The minimum absolute atomic E-state index is 0.0233. The Balaban J connectivity index is 1.85. The summed E-state index contributed by atoms with van der Waals surface area (Å²) in [7, 11) is 0. The van der Waals surface area contributed by atoms with E-state index < -0.39 is 18.0 Å². The van der Waals surface area contributed by atoms with Crippen molar-refractivity contribution in [2.24, 2.45) is 11.8 Å². The molecule has 2 saturated heterocycles. The highest BCUT2D eigenvalue weighted by Gasteiger charge is 2.60. The third-order valence-electron chi connectivity index (χ3n) is 5.20. The van der Waals surface area contributed by atoms with E-state index in [0.29, 0.717) is 11.7 Å². The van der Waals surface area contributed by atoms with Crippen LogP contribution in [-0.2, 0) is 9.59 Å².